The number of amides is 1. The van der Waals surface area contributed by atoms with Crippen LogP contribution in [0.1, 0.15) is 119 Å². The zero-order chi connectivity index (χ0) is 28.8. The van der Waals surface area contributed by atoms with Gasteiger partial charge in [0.2, 0.25) is 5.91 Å². The lowest BCUT2D eigenvalue weighted by Crippen LogP contribution is -2.50. The number of fused-ring (bicyclic) bond motifs is 7. The van der Waals surface area contributed by atoms with Crippen LogP contribution in [0.2, 0.25) is 0 Å². The van der Waals surface area contributed by atoms with Gasteiger partial charge in [0.1, 0.15) is 12.2 Å². The van der Waals surface area contributed by atoms with Crippen LogP contribution < -0.4 is 5.32 Å². The van der Waals surface area contributed by atoms with Crippen LogP contribution in [0.25, 0.3) is 0 Å². The standard InChI is InChI=1S/C35H55NO4/c1-21(2)8-13-32(38)39-26-14-16-34(6)25(18-26)10-11-27-28(34)15-17-35(7)29(27)19-31-33(35)23(4)30(40-31)12-9-22(3)20-36-24(5)37/h10,21-22,26-29,31,33H,8-9,11-20H2,1-7H3,(H,36,37)/t22-,26+,27-,28+,29+,31-,33+,34+,35+/m1/s1. The number of carbonyl (C=O) groups excluding carboxylic acids is 2. The Morgan fingerprint density at radius 1 is 1.12 bits per heavy atom. The third-order valence-electron chi connectivity index (χ3n) is 12.1. The van der Waals surface area contributed by atoms with E-state index in [-0.39, 0.29) is 23.4 Å². The molecular weight excluding hydrogens is 498 g/mol. The minimum absolute atomic E-state index is 0.00695. The summed E-state index contributed by atoms with van der Waals surface area (Å²) in [6.45, 7) is 16.3. The Morgan fingerprint density at radius 3 is 2.62 bits per heavy atom. The van der Waals surface area contributed by atoms with Crippen LogP contribution in [-0.4, -0.2) is 30.6 Å². The van der Waals surface area contributed by atoms with Gasteiger partial charge in [0, 0.05) is 38.6 Å². The van der Waals surface area contributed by atoms with Gasteiger partial charge in [-0.25, -0.2) is 0 Å². The van der Waals surface area contributed by atoms with Crippen molar-refractivity contribution in [1.29, 1.82) is 0 Å². The minimum Gasteiger partial charge on any atom is -0.494 e. The molecule has 4 aliphatic carbocycles. The van der Waals surface area contributed by atoms with E-state index < -0.39 is 0 Å². The van der Waals surface area contributed by atoms with Crippen molar-refractivity contribution in [3.63, 3.8) is 0 Å². The molecule has 9 atom stereocenters. The summed E-state index contributed by atoms with van der Waals surface area (Å²) in [7, 11) is 0. The van der Waals surface area contributed by atoms with Crippen LogP contribution in [0.15, 0.2) is 23.0 Å². The molecule has 1 N–H and O–H groups in total. The predicted molar refractivity (Wildman–Crippen MR) is 159 cm³/mol. The number of rotatable bonds is 9. The van der Waals surface area contributed by atoms with Crippen molar-refractivity contribution in [3.05, 3.63) is 23.0 Å². The van der Waals surface area contributed by atoms with Gasteiger partial charge in [-0.3, -0.25) is 9.59 Å². The average Bonchev–Trinajstić information content (AvgIpc) is 3.38. The Labute approximate surface area is 243 Å². The van der Waals surface area contributed by atoms with Gasteiger partial charge < -0.3 is 14.8 Å². The Hall–Kier alpha value is -1.78. The van der Waals surface area contributed by atoms with Crippen molar-refractivity contribution in [2.75, 3.05) is 6.54 Å². The normalized spacial score (nSPS) is 39.0. The molecule has 0 unspecified atom stereocenters. The maximum Gasteiger partial charge on any atom is 0.306 e. The third-order valence-corrected chi connectivity index (χ3v) is 12.1. The zero-order valence-corrected chi connectivity index (χ0v) is 26.3. The fourth-order valence-electron chi connectivity index (χ4n) is 9.76. The third kappa shape index (κ3) is 5.52. The molecule has 0 aromatic carbocycles. The number of hydrogen-bond donors (Lipinski definition) is 1. The molecule has 0 aromatic rings. The second-order valence-electron chi connectivity index (χ2n) is 15.1. The van der Waals surface area contributed by atoms with Crippen molar-refractivity contribution in [2.45, 2.75) is 131 Å². The van der Waals surface area contributed by atoms with Crippen LogP contribution in [0.3, 0.4) is 0 Å². The number of allylic oxidation sites excluding steroid dienone is 2. The highest BCUT2D eigenvalue weighted by Gasteiger charge is 2.63. The van der Waals surface area contributed by atoms with Crippen molar-refractivity contribution < 1.29 is 19.1 Å². The second-order valence-corrected chi connectivity index (χ2v) is 15.1. The second kappa shape index (κ2) is 11.5. The molecular formula is C35H55NO4. The van der Waals surface area contributed by atoms with E-state index >= 15 is 0 Å². The molecule has 0 bridgehead atoms. The molecule has 5 nitrogen and oxygen atoms in total. The van der Waals surface area contributed by atoms with E-state index in [2.05, 4.69) is 52.9 Å². The van der Waals surface area contributed by atoms with Gasteiger partial charge >= 0.3 is 5.97 Å². The molecule has 0 saturated heterocycles. The van der Waals surface area contributed by atoms with E-state index in [1.807, 2.05) is 0 Å². The van der Waals surface area contributed by atoms with Crippen molar-refractivity contribution in [1.82, 2.24) is 5.32 Å². The lowest BCUT2D eigenvalue weighted by atomic mass is 9.47. The number of carbonyl (C=O) groups is 2. The summed E-state index contributed by atoms with van der Waals surface area (Å²) in [5, 5.41) is 2.96. The summed E-state index contributed by atoms with van der Waals surface area (Å²) in [4.78, 5) is 23.7. The van der Waals surface area contributed by atoms with Gasteiger partial charge in [-0.05, 0) is 104 Å². The number of esters is 1. The van der Waals surface area contributed by atoms with Gasteiger partial charge in [-0.2, -0.15) is 0 Å². The molecule has 0 spiro atoms. The fraction of sp³-hybridized carbons (Fsp3) is 0.829. The maximum atomic E-state index is 12.4. The Bertz CT molecular complexity index is 1040. The van der Waals surface area contributed by atoms with Crippen LogP contribution in [0, 0.1) is 46.3 Å². The van der Waals surface area contributed by atoms with E-state index in [1.54, 1.807) is 12.5 Å². The molecule has 3 saturated carbocycles. The zero-order valence-electron chi connectivity index (χ0n) is 26.3. The average molecular weight is 554 g/mol. The van der Waals surface area contributed by atoms with E-state index in [9.17, 15) is 9.59 Å². The molecule has 1 amide bonds. The number of hydrogen-bond acceptors (Lipinski definition) is 4. The van der Waals surface area contributed by atoms with Crippen LogP contribution in [-0.2, 0) is 19.1 Å². The SMILES string of the molecule is CC(=O)NC[C@H](C)CCC1=C(C)[C@H]2[C@@H](C[C@H]3[C@@H]4CC=C5C[C@@H](OC(=O)CCC(C)C)CC[C@]5(C)[C@H]4CC[C@@]32C)O1. The topological polar surface area (TPSA) is 64.6 Å². The molecule has 5 aliphatic rings. The monoisotopic (exact) mass is 553 g/mol. The molecule has 5 heteroatoms. The highest BCUT2D eigenvalue weighted by atomic mass is 16.5. The molecule has 1 heterocycles. The van der Waals surface area contributed by atoms with Crippen LogP contribution in [0.4, 0.5) is 0 Å². The van der Waals surface area contributed by atoms with Crippen LogP contribution in [0.5, 0.6) is 0 Å². The maximum absolute atomic E-state index is 12.4. The first kappa shape index (κ1) is 29.7. The number of ether oxygens (including phenoxy) is 2. The summed E-state index contributed by atoms with van der Waals surface area (Å²) >= 11 is 0. The summed E-state index contributed by atoms with van der Waals surface area (Å²) in [6, 6.07) is 0. The first-order valence-electron chi connectivity index (χ1n) is 16.4. The first-order valence-corrected chi connectivity index (χ1v) is 16.4. The first-order chi connectivity index (χ1) is 18.9. The molecule has 5 rings (SSSR count). The molecule has 224 valence electrons. The van der Waals surface area contributed by atoms with E-state index in [4.69, 9.17) is 9.47 Å². The molecule has 0 aromatic heterocycles. The van der Waals surface area contributed by atoms with E-state index in [0.29, 0.717) is 35.7 Å². The highest BCUT2D eigenvalue weighted by Crippen LogP contribution is 2.69. The fourth-order valence-corrected chi connectivity index (χ4v) is 9.76. The lowest BCUT2D eigenvalue weighted by Gasteiger charge is -2.58. The minimum atomic E-state index is -0.00695. The van der Waals surface area contributed by atoms with E-state index in [0.717, 1.165) is 62.8 Å². The summed E-state index contributed by atoms with van der Waals surface area (Å²) < 4.78 is 12.7. The molecule has 0 radical (unpaired) electrons. The Balaban J connectivity index is 1.23. The quantitative estimate of drug-likeness (QED) is 0.234. The molecule has 3 fully saturated rings. The molecule has 1 aliphatic heterocycles. The van der Waals surface area contributed by atoms with Gasteiger partial charge in [-0.15, -0.1) is 0 Å². The Kier molecular flexibility index (Phi) is 8.52. The summed E-state index contributed by atoms with van der Waals surface area (Å²) in [5.74, 6) is 5.02. The van der Waals surface area contributed by atoms with Gasteiger partial charge in [-0.1, -0.05) is 46.3 Å². The lowest BCUT2D eigenvalue weighted by molar-refractivity contribution is -0.151. The van der Waals surface area contributed by atoms with Crippen molar-refractivity contribution in [3.8, 4) is 0 Å². The van der Waals surface area contributed by atoms with E-state index in [1.165, 1.54) is 37.0 Å². The Morgan fingerprint density at radius 2 is 1.90 bits per heavy atom. The van der Waals surface area contributed by atoms with Crippen LogP contribution >= 0.6 is 0 Å². The van der Waals surface area contributed by atoms with Gasteiger partial charge in [0.25, 0.3) is 0 Å². The smallest absolute Gasteiger partial charge is 0.306 e. The van der Waals surface area contributed by atoms with Crippen molar-refractivity contribution in [2.24, 2.45) is 46.3 Å². The summed E-state index contributed by atoms with van der Waals surface area (Å²) in [5.41, 5.74) is 3.67. The van der Waals surface area contributed by atoms with Gasteiger partial charge in [0.15, 0.2) is 0 Å². The number of nitrogens with one attached hydrogen (secondary N) is 1. The predicted octanol–water partition coefficient (Wildman–Crippen LogP) is 7.75. The highest BCUT2D eigenvalue weighted by molar-refractivity contribution is 5.72. The molecule has 40 heavy (non-hydrogen) atoms. The van der Waals surface area contributed by atoms with Gasteiger partial charge in [0.05, 0.1) is 5.76 Å². The van der Waals surface area contributed by atoms with Crippen molar-refractivity contribution >= 4 is 11.9 Å². The summed E-state index contributed by atoms with van der Waals surface area (Å²) in [6.07, 6.45) is 14.5. The largest absolute Gasteiger partial charge is 0.494 e.